The lowest BCUT2D eigenvalue weighted by Gasteiger charge is -2.34. The van der Waals surface area contributed by atoms with Crippen LogP contribution in [-0.4, -0.2) is 23.2 Å². The zero-order chi connectivity index (χ0) is 10.7. The second-order valence-corrected chi connectivity index (χ2v) is 5.22. The number of hydrogen-bond donors (Lipinski definition) is 1. The first kappa shape index (κ1) is 11.0. The Morgan fingerprint density at radius 2 is 2.07 bits per heavy atom. The first-order chi connectivity index (χ1) is 7.25. The average Bonchev–Trinajstić information content (AvgIpc) is 2.25. The van der Waals surface area contributed by atoms with Gasteiger partial charge < -0.3 is 0 Å². The van der Waals surface area contributed by atoms with E-state index in [0.717, 1.165) is 6.54 Å². The van der Waals surface area contributed by atoms with Crippen LogP contribution in [0.3, 0.4) is 0 Å². The molecule has 0 bridgehead atoms. The molecule has 1 saturated heterocycles. The molecule has 1 fully saturated rings. The van der Waals surface area contributed by atoms with E-state index in [9.17, 15) is 0 Å². The van der Waals surface area contributed by atoms with Crippen LogP contribution in [-0.2, 0) is 6.54 Å². The third kappa shape index (κ3) is 2.99. The molecule has 2 heteroatoms. The van der Waals surface area contributed by atoms with E-state index in [1.165, 1.54) is 25.1 Å². The number of rotatable bonds is 2. The Balaban J connectivity index is 1.91. The van der Waals surface area contributed by atoms with Crippen molar-refractivity contribution in [1.29, 1.82) is 0 Å². The van der Waals surface area contributed by atoms with E-state index >= 15 is 0 Å². The van der Waals surface area contributed by atoms with Gasteiger partial charge in [-0.15, -0.1) is 0 Å². The van der Waals surface area contributed by atoms with Crippen molar-refractivity contribution in [3.05, 3.63) is 35.9 Å². The van der Waals surface area contributed by atoms with Crippen LogP contribution in [0.5, 0.6) is 0 Å². The van der Waals surface area contributed by atoms with E-state index in [1.807, 2.05) is 0 Å². The van der Waals surface area contributed by atoms with Crippen LogP contribution >= 0.6 is 12.6 Å². The van der Waals surface area contributed by atoms with Crippen LogP contribution in [0.4, 0.5) is 0 Å². The van der Waals surface area contributed by atoms with Gasteiger partial charge >= 0.3 is 0 Å². The van der Waals surface area contributed by atoms with Crippen LogP contribution < -0.4 is 0 Å². The second-order valence-electron chi connectivity index (χ2n) is 4.55. The van der Waals surface area contributed by atoms with E-state index in [1.54, 1.807) is 0 Å². The summed E-state index contributed by atoms with van der Waals surface area (Å²) in [7, 11) is 0. The summed E-state index contributed by atoms with van der Waals surface area (Å²) in [4.78, 5) is 2.53. The Hall–Kier alpha value is -0.470. The van der Waals surface area contributed by atoms with Crippen molar-refractivity contribution < 1.29 is 0 Å². The quantitative estimate of drug-likeness (QED) is 0.752. The lowest BCUT2D eigenvalue weighted by atomic mass is 9.99. The van der Waals surface area contributed by atoms with Gasteiger partial charge in [0.2, 0.25) is 0 Å². The monoisotopic (exact) mass is 221 g/mol. The number of nitrogens with zero attached hydrogens (tertiary/aromatic N) is 1. The van der Waals surface area contributed by atoms with E-state index in [0.29, 0.717) is 11.2 Å². The molecule has 2 rings (SSSR count). The molecule has 0 aliphatic carbocycles. The molecule has 1 aliphatic rings. The summed E-state index contributed by atoms with van der Waals surface area (Å²) in [5.74, 6) is 0.714. The summed E-state index contributed by atoms with van der Waals surface area (Å²) in [6.07, 6.45) is 1.22. The van der Waals surface area contributed by atoms with E-state index in [2.05, 4.69) is 54.8 Å². The van der Waals surface area contributed by atoms with Gasteiger partial charge in [-0.2, -0.15) is 12.6 Å². The van der Waals surface area contributed by atoms with Gasteiger partial charge in [0.25, 0.3) is 0 Å². The standard InChI is InChI=1S/C13H19NS/c1-11-9-14(8-7-13(11)15)10-12-5-3-2-4-6-12/h2-6,11,13,15H,7-10H2,1H3. The van der Waals surface area contributed by atoms with E-state index in [-0.39, 0.29) is 0 Å². The highest BCUT2D eigenvalue weighted by molar-refractivity contribution is 7.81. The van der Waals surface area contributed by atoms with Crippen LogP contribution in [0.25, 0.3) is 0 Å². The zero-order valence-electron chi connectivity index (χ0n) is 9.26. The molecular weight excluding hydrogens is 202 g/mol. The summed E-state index contributed by atoms with van der Waals surface area (Å²) in [6.45, 7) is 5.76. The molecule has 2 unspecified atom stereocenters. The highest BCUT2D eigenvalue weighted by Gasteiger charge is 2.22. The van der Waals surface area contributed by atoms with Crippen molar-refractivity contribution in [2.24, 2.45) is 5.92 Å². The van der Waals surface area contributed by atoms with Gasteiger partial charge in [-0.25, -0.2) is 0 Å². The maximum atomic E-state index is 4.60. The summed E-state index contributed by atoms with van der Waals surface area (Å²) >= 11 is 4.60. The molecule has 1 heterocycles. The first-order valence-corrected chi connectivity index (χ1v) is 6.21. The number of benzene rings is 1. The van der Waals surface area contributed by atoms with Crippen molar-refractivity contribution >= 4 is 12.6 Å². The molecule has 2 atom stereocenters. The molecule has 0 spiro atoms. The predicted octanol–water partition coefficient (Wildman–Crippen LogP) is 2.83. The number of thiol groups is 1. The molecule has 0 amide bonds. The second kappa shape index (κ2) is 5.04. The van der Waals surface area contributed by atoms with Crippen molar-refractivity contribution in [3.63, 3.8) is 0 Å². The minimum Gasteiger partial charge on any atom is -0.299 e. The Morgan fingerprint density at radius 1 is 1.33 bits per heavy atom. The molecule has 1 aliphatic heterocycles. The van der Waals surface area contributed by atoms with Gasteiger partial charge in [-0.05, 0) is 24.4 Å². The SMILES string of the molecule is CC1CN(Cc2ccccc2)CCC1S. The smallest absolute Gasteiger partial charge is 0.0233 e. The molecule has 0 saturated carbocycles. The molecule has 0 radical (unpaired) electrons. The molecule has 0 aromatic heterocycles. The first-order valence-electron chi connectivity index (χ1n) is 5.70. The van der Waals surface area contributed by atoms with Crippen molar-refractivity contribution in [3.8, 4) is 0 Å². The summed E-state index contributed by atoms with van der Waals surface area (Å²) in [6, 6.07) is 10.7. The number of likely N-dealkylation sites (tertiary alicyclic amines) is 1. The van der Waals surface area contributed by atoms with E-state index < -0.39 is 0 Å². The highest BCUT2D eigenvalue weighted by Crippen LogP contribution is 2.22. The van der Waals surface area contributed by atoms with Crippen LogP contribution in [0, 0.1) is 5.92 Å². The normalized spacial score (nSPS) is 27.9. The van der Waals surface area contributed by atoms with E-state index in [4.69, 9.17) is 0 Å². The third-order valence-electron chi connectivity index (χ3n) is 3.19. The molecule has 15 heavy (non-hydrogen) atoms. The largest absolute Gasteiger partial charge is 0.299 e. The molecule has 82 valence electrons. The lowest BCUT2D eigenvalue weighted by molar-refractivity contribution is 0.182. The Labute approximate surface area is 97.9 Å². The summed E-state index contributed by atoms with van der Waals surface area (Å²) < 4.78 is 0. The topological polar surface area (TPSA) is 3.24 Å². The molecule has 1 aromatic carbocycles. The fraction of sp³-hybridized carbons (Fsp3) is 0.538. The maximum Gasteiger partial charge on any atom is 0.0233 e. The molecular formula is C13H19NS. The Kier molecular flexibility index (Phi) is 3.71. The molecule has 1 aromatic rings. The van der Waals surface area contributed by atoms with Crippen LogP contribution in [0.1, 0.15) is 18.9 Å². The average molecular weight is 221 g/mol. The number of piperidine rings is 1. The number of hydrogen-bond acceptors (Lipinski definition) is 2. The minimum absolute atomic E-state index is 0.594. The van der Waals surface area contributed by atoms with Crippen LogP contribution in [0.2, 0.25) is 0 Å². The van der Waals surface area contributed by atoms with Gasteiger partial charge in [0.05, 0.1) is 0 Å². The fourth-order valence-electron chi connectivity index (χ4n) is 2.20. The Bertz CT molecular complexity index is 299. The lowest BCUT2D eigenvalue weighted by Crippen LogP contribution is -2.39. The third-order valence-corrected chi connectivity index (χ3v) is 3.96. The minimum atomic E-state index is 0.594. The highest BCUT2D eigenvalue weighted by atomic mass is 32.1. The van der Waals surface area contributed by atoms with Crippen molar-refractivity contribution in [1.82, 2.24) is 4.90 Å². The summed E-state index contributed by atoms with van der Waals surface area (Å²) in [5.41, 5.74) is 1.42. The predicted molar refractivity (Wildman–Crippen MR) is 68.3 cm³/mol. The fourth-order valence-corrected chi connectivity index (χ4v) is 2.41. The molecule has 0 N–H and O–H groups in total. The summed E-state index contributed by atoms with van der Waals surface area (Å²) in [5, 5.41) is 0.594. The van der Waals surface area contributed by atoms with Gasteiger partial charge in [-0.1, -0.05) is 37.3 Å². The maximum absolute atomic E-state index is 4.60. The van der Waals surface area contributed by atoms with Crippen molar-refractivity contribution in [2.75, 3.05) is 13.1 Å². The Morgan fingerprint density at radius 3 is 2.73 bits per heavy atom. The molecule has 1 nitrogen and oxygen atoms in total. The van der Waals surface area contributed by atoms with Crippen molar-refractivity contribution in [2.45, 2.75) is 25.1 Å². The van der Waals surface area contributed by atoms with Gasteiger partial charge in [-0.3, -0.25) is 4.90 Å². The van der Waals surface area contributed by atoms with Gasteiger partial charge in [0.1, 0.15) is 0 Å². The zero-order valence-corrected chi connectivity index (χ0v) is 10.2. The van der Waals surface area contributed by atoms with Crippen LogP contribution in [0.15, 0.2) is 30.3 Å². The van der Waals surface area contributed by atoms with Gasteiger partial charge in [0.15, 0.2) is 0 Å². The van der Waals surface area contributed by atoms with Gasteiger partial charge in [0, 0.05) is 18.3 Å².